The van der Waals surface area contributed by atoms with Gasteiger partial charge < -0.3 is 9.64 Å². The third kappa shape index (κ3) is 5.23. The van der Waals surface area contributed by atoms with Gasteiger partial charge in [-0.1, -0.05) is 194 Å². The van der Waals surface area contributed by atoms with Gasteiger partial charge in [-0.25, -0.2) is 0 Å². The van der Waals surface area contributed by atoms with Crippen molar-refractivity contribution in [3.8, 4) is 44.9 Å². The molecule has 0 bridgehead atoms. The van der Waals surface area contributed by atoms with Gasteiger partial charge in [0.15, 0.2) is 0 Å². The first-order chi connectivity index (χ1) is 34.2. The first-order valence-corrected chi connectivity index (χ1v) is 24.6. The van der Waals surface area contributed by atoms with E-state index in [9.17, 15) is 0 Å². The van der Waals surface area contributed by atoms with Crippen molar-refractivity contribution < 1.29 is 4.74 Å². The van der Waals surface area contributed by atoms with E-state index in [0.717, 1.165) is 45.3 Å². The average molecular weight is 896 g/mol. The lowest BCUT2D eigenvalue weighted by Crippen LogP contribution is -2.32. The molecule has 0 N–H and O–H groups in total. The Morgan fingerprint density at radius 2 is 0.783 bits per heavy atom. The Kier molecular flexibility index (Phi) is 8.17. The van der Waals surface area contributed by atoms with E-state index in [1.54, 1.807) is 0 Å². The molecule has 69 heavy (non-hydrogen) atoms. The molecule has 0 aromatic heterocycles. The summed E-state index contributed by atoms with van der Waals surface area (Å²) in [5, 5.41) is 2.41. The highest BCUT2D eigenvalue weighted by Gasteiger charge is 2.52. The summed E-state index contributed by atoms with van der Waals surface area (Å²) in [6.45, 7) is 0. The van der Waals surface area contributed by atoms with Crippen LogP contribution in [0.25, 0.3) is 44.2 Å². The van der Waals surface area contributed by atoms with Crippen LogP contribution in [-0.4, -0.2) is 0 Å². The number of para-hydroxylation sites is 3. The Morgan fingerprint density at radius 1 is 0.304 bits per heavy atom. The van der Waals surface area contributed by atoms with Crippen LogP contribution >= 0.6 is 11.8 Å². The van der Waals surface area contributed by atoms with Crippen molar-refractivity contribution in [2.45, 2.75) is 20.6 Å². The van der Waals surface area contributed by atoms with Crippen molar-refractivity contribution in [1.82, 2.24) is 0 Å². The minimum absolute atomic E-state index is 0.465. The Labute approximate surface area is 405 Å². The summed E-state index contributed by atoms with van der Waals surface area (Å²) in [6.07, 6.45) is 0. The van der Waals surface area contributed by atoms with Crippen molar-refractivity contribution in [1.29, 1.82) is 0 Å². The smallest absolute Gasteiger partial charge is 0.132 e. The molecule has 0 radical (unpaired) electrons. The predicted molar refractivity (Wildman–Crippen MR) is 283 cm³/mol. The summed E-state index contributed by atoms with van der Waals surface area (Å²) in [5.74, 6) is 1.78. The van der Waals surface area contributed by atoms with Gasteiger partial charge in [0.2, 0.25) is 0 Å². The number of anilines is 3. The fourth-order valence-corrected chi connectivity index (χ4v) is 13.9. The van der Waals surface area contributed by atoms with Crippen molar-refractivity contribution in [3.63, 3.8) is 0 Å². The molecular formula is C66H41NOS. The van der Waals surface area contributed by atoms with Gasteiger partial charge in [-0.05, 0) is 139 Å². The molecule has 2 aliphatic carbocycles. The molecule has 15 rings (SSSR count). The monoisotopic (exact) mass is 895 g/mol. The molecule has 0 saturated heterocycles. The van der Waals surface area contributed by atoms with E-state index >= 15 is 0 Å². The molecule has 2 spiro atoms. The van der Waals surface area contributed by atoms with Crippen LogP contribution in [0.4, 0.5) is 17.1 Å². The Balaban J connectivity index is 0.999. The van der Waals surface area contributed by atoms with Crippen molar-refractivity contribution >= 4 is 39.6 Å². The number of hydrogen-bond acceptors (Lipinski definition) is 3. The SMILES string of the molecule is c1ccc(-c2ccccc2N(c2ccc3c(c2)C2(c4ccccc4Oc4ccccc42)c2ccccc2-3)c2ccc3cc4c(cc3c2)C2(c3ccccc3Sc3ccccc32)c2ccccc2-4)cc1. The van der Waals surface area contributed by atoms with Crippen LogP contribution in [0, 0.1) is 0 Å². The molecule has 0 atom stereocenters. The van der Waals surface area contributed by atoms with Crippen LogP contribution in [0.5, 0.6) is 11.5 Å². The molecule has 2 aliphatic heterocycles. The van der Waals surface area contributed by atoms with E-state index in [1.807, 2.05) is 11.8 Å². The highest BCUT2D eigenvalue weighted by Crippen LogP contribution is 2.64. The van der Waals surface area contributed by atoms with Gasteiger partial charge in [0, 0.05) is 37.9 Å². The number of fused-ring (bicyclic) bond motifs is 19. The molecule has 0 fully saturated rings. The minimum Gasteiger partial charge on any atom is -0.457 e. The Hall–Kier alpha value is -8.37. The van der Waals surface area contributed by atoms with Crippen LogP contribution in [0.15, 0.2) is 259 Å². The van der Waals surface area contributed by atoms with Gasteiger partial charge in [0.25, 0.3) is 0 Å². The first kappa shape index (κ1) is 38.7. The average Bonchev–Trinajstić information content (AvgIpc) is 3.85. The maximum absolute atomic E-state index is 6.74. The van der Waals surface area contributed by atoms with Crippen LogP contribution < -0.4 is 9.64 Å². The Bertz CT molecular complexity index is 3850. The lowest BCUT2D eigenvalue weighted by atomic mass is 9.66. The zero-order chi connectivity index (χ0) is 45.3. The van der Waals surface area contributed by atoms with E-state index in [4.69, 9.17) is 4.74 Å². The van der Waals surface area contributed by atoms with Gasteiger partial charge in [0.05, 0.1) is 16.5 Å². The van der Waals surface area contributed by atoms with Gasteiger partial charge >= 0.3 is 0 Å². The fraction of sp³-hybridized carbons (Fsp3) is 0.0303. The molecule has 11 aromatic rings. The van der Waals surface area contributed by atoms with Crippen LogP contribution in [0.1, 0.15) is 44.5 Å². The van der Waals surface area contributed by atoms with E-state index in [1.165, 1.54) is 81.8 Å². The minimum atomic E-state index is -0.601. The number of hydrogen-bond donors (Lipinski definition) is 0. The van der Waals surface area contributed by atoms with Crippen LogP contribution in [0.2, 0.25) is 0 Å². The number of benzene rings is 11. The molecular weight excluding hydrogens is 855 g/mol. The van der Waals surface area contributed by atoms with E-state index in [0.29, 0.717) is 0 Å². The van der Waals surface area contributed by atoms with Crippen molar-refractivity contribution in [2.75, 3.05) is 4.90 Å². The third-order valence-electron chi connectivity index (χ3n) is 15.4. The summed E-state index contributed by atoms with van der Waals surface area (Å²) >= 11 is 1.89. The quantitative estimate of drug-likeness (QED) is 0.175. The highest BCUT2D eigenvalue weighted by molar-refractivity contribution is 7.99. The standard InChI is InChI=1S/C66H41NOS/c1-2-18-42(19-3-1)47-20-6-13-29-60(47)67(46-36-37-50-48-21-4-7-23-52(48)65(59(50)41-46)54-25-9-14-30-61(54)68-62-31-15-10-26-55(62)65)45-35-34-43-39-51-49-22-5-8-24-53(49)66(58(51)40-44(43)38-45)56-27-11-16-32-63(56)69-64-33-17-12-28-57(64)66/h1-41H. The second-order valence-electron chi connectivity index (χ2n) is 18.7. The zero-order valence-corrected chi connectivity index (χ0v) is 38.3. The lowest BCUT2D eigenvalue weighted by Gasteiger charge is -2.40. The predicted octanol–water partition coefficient (Wildman–Crippen LogP) is 17.3. The van der Waals surface area contributed by atoms with E-state index in [2.05, 4.69) is 254 Å². The summed E-state index contributed by atoms with van der Waals surface area (Å²) in [6, 6.07) is 92.4. The van der Waals surface area contributed by atoms with Gasteiger partial charge in [-0.15, -0.1) is 0 Å². The normalized spacial score (nSPS) is 14.4. The Morgan fingerprint density at radius 3 is 1.46 bits per heavy atom. The largest absolute Gasteiger partial charge is 0.457 e. The summed E-state index contributed by atoms with van der Waals surface area (Å²) in [4.78, 5) is 5.11. The molecule has 322 valence electrons. The topological polar surface area (TPSA) is 12.5 Å². The van der Waals surface area contributed by atoms with Crippen LogP contribution in [0.3, 0.4) is 0 Å². The number of rotatable bonds is 4. The zero-order valence-electron chi connectivity index (χ0n) is 37.4. The summed E-state index contributed by atoms with van der Waals surface area (Å²) in [7, 11) is 0. The molecule has 2 heterocycles. The fourth-order valence-electron chi connectivity index (χ4n) is 12.7. The number of nitrogens with zero attached hydrogens (tertiary/aromatic N) is 1. The molecule has 0 unspecified atom stereocenters. The highest BCUT2D eigenvalue weighted by atomic mass is 32.2. The second-order valence-corrected chi connectivity index (χ2v) is 19.7. The molecule has 11 aromatic carbocycles. The van der Waals surface area contributed by atoms with E-state index in [-0.39, 0.29) is 0 Å². The molecule has 2 nitrogen and oxygen atoms in total. The van der Waals surface area contributed by atoms with Gasteiger partial charge in [0.1, 0.15) is 11.5 Å². The first-order valence-electron chi connectivity index (χ1n) is 23.8. The van der Waals surface area contributed by atoms with Gasteiger partial charge in [-0.2, -0.15) is 0 Å². The number of ether oxygens (including phenoxy) is 1. The maximum Gasteiger partial charge on any atom is 0.132 e. The van der Waals surface area contributed by atoms with Crippen molar-refractivity contribution in [2.24, 2.45) is 0 Å². The summed E-state index contributed by atoms with van der Waals surface area (Å²) < 4.78 is 6.74. The van der Waals surface area contributed by atoms with Gasteiger partial charge in [-0.3, -0.25) is 0 Å². The lowest BCUT2D eigenvalue weighted by molar-refractivity contribution is 0.436. The molecule has 0 saturated carbocycles. The van der Waals surface area contributed by atoms with Crippen molar-refractivity contribution in [3.05, 3.63) is 293 Å². The third-order valence-corrected chi connectivity index (χ3v) is 16.5. The second kappa shape index (κ2) is 14.6. The van der Waals surface area contributed by atoms with Crippen LogP contribution in [-0.2, 0) is 10.8 Å². The maximum atomic E-state index is 6.74. The molecule has 4 aliphatic rings. The molecule has 3 heteroatoms. The van der Waals surface area contributed by atoms with E-state index < -0.39 is 10.8 Å². The molecule has 0 amide bonds. The summed E-state index contributed by atoms with van der Waals surface area (Å²) in [5.41, 5.74) is 19.8.